The predicted octanol–water partition coefficient (Wildman–Crippen LogP) is 2.10. The summed E-state index contributed by atoms with van der Waals surface area (Å²) in [5.41, 5.74) is 1.95. The number of hydrogen-bond acceptors (Lipinski definition) is 4. The minimum atomic E-state index is -1.28. The van der Waals surface area contributed by atoms with Crippen molar-refractivity contribution in [2.24, 2.45) is 0 Å². The second-order valence-electron chi connectivity index (χ2n) is 5.45. The van der Waals surface area contributed by atoms with E-state index in [1.165, 1.54) is 0 Å². The van der Waals surface area contributed by atoms with Crippen LogP contribution in [0.1, 0.15) is 11.1 Å². The van der Waals surface area contributed by atoms with Gasteiger partial charge in [0.05, 0.1) is 0 Å². The van der Waals surface area contributed by atoms with E-state index in [1.54, 1.807) is 0 Å². The summed E-state index contributed by atoms with van der Waals surface area (Å²) in [5.74, 6) is -1.70. The van der Waals surface area contributed by atoms with E-state index in [9.17, 15) is 9.90 Å². The molecule has 1 aliphatic heterocycles. The van der Waals surface area contributed by atoms with Gasteiger partial charge in [0.2, 0.25) is 5.79 Å². The van der Waals surface area contributed by atoms with Crippen molar-refractivity contribution < 1.29 is 19.4 Å². The van der Waals surface area contributed by atoms with Gasteiger partial charge in [0.1, 0.15) is 6.61 Å². The number of ether oxygens (including phenoxy) is 2. The number of esters is 1. The molecular weight excluding hydrogens is 280 g/mol. The van der Waals surface area contributed by atoms with Crippen LogP contribution in [0.25, 0.3) is 0 Å². The zero-order valence-corrected chi connectivity index (χ0v) is 12.1. The van der Waals surface area contributed by atoms with Crippen molar-refractivity contribution in [3.8, 4) is 0 Å². The molecule has 2 aromatic carbocycles. The molecule has 0 aliphatic carbocycles. The van der Waals surface area contributed by atoms with E-state index < -0.39 is 17.9 Å². The summed E-state index contributed by atoms with van der Waals surface area (Å²) in [6.07, 6.45) is 0.0932. The lowest BCUT2D eigenvalue weighted by atomic mass is 10.1. The second-order valence-corrected chi connectivity index (χ2v) is 5.45. The Morgan fingerprint density at radius 1 is 0.955 bits per heavy atom. The highest BCUT2D eigenvalue weighted by atomic mass is 16.8. The van der Waals surface area contributed by atoms with Gasteiger partial charge in [-0.1, -0.05) is 60.7 Å². The minimum Gasteiger partial charge on any atom is -0.428 e. The molecule has 3 rings (SSSR count). The van der Waals surface area contributed by atoms with Crippen molar-refractivity contribution in [1.82, 2.24) is 0 Å². The van der Waals surface area contributed by atoms with Crippen LogP contribution in [0.15, 0.2) is 60.7 Å². The third-order valence-electron chi connectivity index (χ3n) is 3.73. The highest BCUT2D eigenvalue weighted by molar-refractivity contribution is 5.77. The fourth-order valence-electron chi connectivity index (χ4n) is 2.64. The van der Waals surface area contributed by atoms with E-state index in [-0.39, 0.29) is 6.61 Å². The van der Waals surface area contributed by atoms with Gasteiger partial charge in [-0.2, -0.15) is 0 Å². The summed E-state index contributed by atoms with van der Waals surface area (Å²) in [6.45, 7) is -0.362. The minimum absolute atomic E-state index is 0.335. The summed E-state index contributed by atoms with van der Waals surface area (Å²) in [5, 5.41) is 9.68. The van der Waals surface area contributed by atoms with E-state index >= 15 is 0 Å². The van der Waals surface area contributed by atoms with Crippen LogP contribution in [0.2, 0.25) is 0 Å². The summed E-state index contributed by atoms with van der Waals surface area (Å²) in [7, 11) is 0. The molecule has 0 radical (unpaired) electrons. The molecule has 0 saturated carbocycles. The lowest BCUT2D eigenvalue weighted by Gasteiger charge is -2.24. The standard InChI is InChI=1S/C18H18O4/c19-13-18(12-15-9-5-2-6-10-15)21-16(17(20)22-18)11-14-7-3-1-4-8-14/h1-10,16,19H,11-13H2/t16-,18-/m1/s1. The Hall–Kier alpha value is -2.17. The molecule has 22 heavy (non-hydrogen) atoms. The molecule has 2 aromatic rings. The van der Waals surface area contributed by atoms with Crippen molar-refractivity contribution in [2.75, 3.05) is 6.61 Å². The average Bonchev–Trinajstić information content (AvgIpc) is 2.86. The zero-order valence-electron chi connectivity index (χ0n) is 12.1. The topological polar surface area (TPSA) is 55.8 Å². The van der Waals surface area contributed by atoms with Gasteiger partial charge in [-0.25, -0.2) is 4.79 Å². The van der Waals surface area contributed by atoms with Crippen molar-refractivity contribution in [3.05, 3.63) is 71.8 Å². The molecule has 1 saturated heterocycles. The second kappa shape index (κ2) is 6.30. The third-order valence-corrected chi connectivity index (χ3v) is 3.73. The smallest absolute Gasteiger partial charge is 0.338 e. The molecule has 0 unspecified atom stereocenters. The Bertz CT molecular complexity index is 626. The van der Waals surface area contributed by atoms with Crippen molar-refractivity contribution in [2.45, 2.75) is 24.7 Å². The van der Waals surface area contributed by atoms with Gasteiger partial charge in [-0.05, 0) is 11.1 Å². The molecule has 4 nitrogen and oxygen atoms in total. The summed E-state index contributed by atoms with van der Waals surface area (Å²) < 4.78 is 11.2. The quantitative estimate of drug-likeness (QED) is 0.859. The first-order chi connectivity index (χ1) is 10.7. The Balaban J connectivity index is 1.73. The molecule has 1 N–H and O–H groups in total. The molecule has 0 aromatic heterocycles. The fourth-order valence-corrected chi connectivity index (χ4v) is 2.64. The first kappa shape index (κ1) is 14.8. The van der Waals surface area contributed by atoms with E-state index in [1.807, 2.05) is 60.7 Å². The molecule has 0 spiro atoms. The number of hydrogen-bond donors (Lipinski definition) is 1. The number of benzene rings is 2. The number of cyclic esters (lactones) is 1. The van der Waals surface area contributed by atoms with Crippen LogP contribution in [0.5, 0.6) is 0 Å². The van der Waals surface area contributed by atoms with Gasteiger partial charge in [0.25, 0.3) is 0 Å². The summed E-state index contributed by atoms with van der Waals surface area (Å²) in [6, 6.07) is 19.2. The summed E-state index contributed by atoms with van der Waals surface area (Å²) in [4.78, 5) is 12.1. The van der Waals surface area contributed by atoms with Gasteiger partial charge in [-0.15, -0.1) is 0 Å². The molecule has 0 amide bonds. The first-order valence-electron chi connectivity index (χ1n) is 7.30. The van der Waals surface area contributed by atoms with Crippen LogP contribution in [0, 0.1) is 0 Å². The van der Waals surface area contributed by atoms with Crippen LogP contribution in [0.4, 0.5) is 0 Å². The maximum Gasteiger partial charge on any atom is 0.338 e. The molecule has 114 valence electrons. The van der Waals surface area contributed by atoms with E-state index in [0.29, 0.717) is 12.8 Å². The van der Waals surface area contributed by atoms with E-state index in [0.717, 1.165) is 11.1 Å². The largest absolute Gasteiger partial charge is 0.428 e. The SMILES string of the molecule is O=C1O[C@@](CO)(Cc2ccccc2)O[C@@H]1Cc1ccccc1. The Morgan fingerprint density at radius 3 is 2.14 bits per heavy atom. The molecule has 1 heterocycles. The normalized spacial score (nSPS) is 24.2. The molecule has 2 atom stereocenters. The maximum absolute atomic E-state index is 12.1. The lowest BCUT2D eigenvalue weighted by Crippen LogP contribution is -2.38. The van der Waals surface area contributed by atoms with Gasteiger partial charge in [-0.3, -0.25) is 0 Å². The van der Waals surface area contributed by atoms with Crippen LogP contribution in [0.3, 0.4) is 0 Å². The highest BCUT2D eigenvalue weighted by Gasteiger charge is 2.47. The van der Waals surface area contributed by atoms with E-state index in [4.69, 9.17) is 9.47 Å². The number of aliphatic hydroxyl groups excluding tert-OH is 1. The van der Waals surface area contributed by atoms with Crippen LogP contribution in [-0.2, 0) is 27.1 Å². The number of rotatable bonds is 5. The Labute approximate surface area is 129 Å². The summed E-state index contributed by atoms with van der Waals surface area (Å²) >= 11 is 0. The van der Waals surface area contributed by atoms with Crippen LogP contribution in [-0.4, -0.2) is 29.6 Å². The fraction of sp³-hybridized carbons (Fsp3) is 0.278. The Kier molecular flexibility index (Phi) is 4.22. The number of aliphatic hydroxyl groups is 1. The molecule has 1 fully saturated rings. The molecule has 1 aliphatic rings. The molecule has 0 bridgehead atoms. The predicted molar refractivity (Wildman–Crippen MR) is 81.1 cm³/mol. The van der Waals surface area contributed by atoms with Gasteiger partial charge >= 0.3 is 5.97 Å². The van der Waals surface area contributed by atoms with Crippen molar-refractivity contribution in [3.63, 3.8) is 0 Å². The lowest BCUT2D eigenvalue weighted by molar-refractivity contribution is -0.194. The maximum atomic E-state index is 12.1. The molecular formula is C18H18O4. The van der Waals surface area contributed by atoms with Crippen molar-refractivity contribution >= 4 is 5.97 Å². The monoisotopic (exact) mass is 298 g/mol. The highest BCUT2D eigenvalue weighted by Crippen LogP contribution is 2.30. The Morgan fingerprint density at radius 2 is 1.55 bits per heavy atom. The van der Waals surface area contributed by atoms with Gasteiger partial charge < -0.3 is 14.6 Å². The molecule has 4 heteroatoms. The number of carbonyl (C=O) groups excluding carboxylic acids is 1. The first-order valence-corrected chi connectivity index (χ1v) is 7.30. The third kappa shape index (κ3) is 3.18. The average molecular weight is 298 g/mol. The van der Waals surface area contributed by atoms with Crippen molar-refractivity contribution in [1.29, 1.82) is 0 Å². The zero-order chi connectivity index (χ0) is 15.4. The van der Waals surface area contributed by atoms with Crippen LogP contribution >= 0.6 is 0 Å². The van der Waals surface area contributed by atoms with E-state index in [2.05, 4.69) is 0 Å². The van der Waals surface area contributed by atoms with Gasteiger partial charge in [0, 0.05) is 12.8 Å². The van der Waals surface area contributed by atoms with Crippen LogP contribution < -0.4 is 0 Å². The van der Waals surface area contributed by atoms with Gasteiger partial charge in [0.15, 0.2) is 6.10 Å². The number of carbonyl (C=O) groups is 1.